The second-order valence-electron chi connectivity index (χ2n) is 7.28. The summed E-state index contributed by atoms with van der Waals surface area (Å²) in [5.41, 5.74) is 1.25. The van der Waals surface area contributed by atoms with E-state index in [0.29, 0.717) is 0 Å². The van der Waals surface area contributed by atoms with Crippen molar-refractivity contribution >= 4 is 16.7 Å². The van der Waals surface area contributed by atoms with Crippen LogP contribution < -0.4 is 5.32 Å². The van der Waals surface area contributed by atoms with E-state index in [1.807, 2.05) is 11.9 Å². The molecule has 1 N–H and O–H groups in total. The highest BCUT2D eigenvalue weighted by atomic mass is 16.2. The topological polar surface area (TPSA) is 32.3 Å². The number of nitrogens with one attached hydrogen (secondary N) is 1. The maximum absolute atomic E-state index is 12.6. The van der Waals surface area contributed by atoms with Crippen molar-refractivity contribution in [2.24, 2.45) is 5.41 Å². The second kappa shape index (κ2) is 5.40. The molecule has 22 heavy (non-hydrogen) atoms. The van der Waals surface area contributed by atoms with E-state index >= 15 is 0 Å². The van der Waals surface area contributed by atoms with Crippen LogP contribution in [-0.4, -0.2) is 30.1 Å². The molecule has 1 amide bonds. The summed E-state index contributed by atoms with van der Waals surface area (Å²) >= 11 is 0. The monoisotopic (exact) mass is 296 g/mol. The van der Waals surface area contributed by atoms with Crippen molar-refractivity contribution in [3.05, 3.63) is 48.0 Å². The summed E-state index contributed by atoms with van der Waals surface area (Å²) < 4.78 is 0. The number of carbonyl (C=O) groups excluding carboxylic acids is 1. The van der Waals surface area contributed by atoms with Crippen LogP contribution in [0.4, 0.5) is 0 Å². The molecule has 3 rings (SSSR count). The number of hydrogen-bond acceptors (Lipinski definition) is 2. The highest BCUT2D eigenvalue weighted by Gasteiger charge is 2.42. The van der Waals surface area contributed by atoms with E-state index in [1.54, 1.807) is 0 Å². The summed E-state index contributed by atoms with van der Waals surface area (Å²) in [6.45, 7) is 6.48. The maximum atomic E-state index is 12.6. The van der Waals surface area contributed by atoms with Gasteiger partial charge in [0.05, 0.1) is 12.2 Å². The Morgan fingerprint density at radius 3 is 2.45 bits per heavy atom. The molecule has 0 aromatic heterocycles. The number of amides is 1. The van der Waals surface area contributed by atoms with Gasteiger partial charge < -0.3 is 4.90 Å². The fraction of sp³-hybridized carbons (Fsp3) is 0.421. The van der Waals surface area contributed by atoms with Crippen LogP contribution in [0.5, 0.6) is 0 Å². The summed E-state index contributed by atoms with van der Waals surface area (Å²) in [5.74, 6) is 0.188. The molecule has 1 aliphatic heterocycles. The van der Waals surface area contributed by atoms with Crippen LogP contribution in [0.2, 0.25) is 0 Å². The lowest BCUT2D eigenvalue weighted by Crippen LogP contribution is -2.45. The molecular formula is C19H24N2O. The van der Waals surface area contributed by atoms with Gasteiger partial charge in [0.15, 0.2) is 0 Å². The van der Waals surface area contributed by atoms with Crippen molar-refractivity contribution < 1.29 is 4.79 Å². The zero-order valence-electron chi connectivity index (χ0n) is 13.8. The number of fused-ring (bicyclic) bond motifs is 1. The molecule has 2 aromatic carbocycles. The van der Waals surface area contributed by atoms with Gasteiger partial charge in [-0.2, -0.15) is 0 Å². The number of likely N-dealkylation sites (N-methyl/N-ethyl adjacent to an activating group) is 1. The Labute approximate surface area is 132 Å². The van der Waals surface area contributed by atoms with Gasteiger partial charge in [-0.1, -0.05) is 63.2 Å². The highest BCUT2D eigenvalue weighted by molar-refractivity contribution is 5.88. The van der Waals surface area contributed by atoms with E-state index in [1.165, 1.54) is 16.3 Å². The first-order chi connectivity index (χ1) is 10.4. The number of hydrogen-bond donors (Lipinski definition) is 1. The van der Waals surface area contributed by atoms with Crippen LogP contribution in [0.25, 0.3) is 10.8 Å². The standard InChI is InChI=1S/C19H24N2O/c1-19(2,3)18-20-16(17(22)21(18)4)12-14-10-7-9-13-8-5-6-11-15(13)14/h5-11,16,18,20H,12H2,1-4H3/t16-,18-/m0/s1. The molecule has 1 saturated heterocycles. The molecule has 0 saturated carbocycles. The largest absolute Gasteiger partial charge is 0.328 e. The van der Waals surface area contributed by atoms with Gasteiger partial charge in [0.2, 0.25) is 5.91 Å². The molecule has 3 heteroatoms. The maximum Gasteiger partial charge on any atom is 0.241 e. The molecule has 3 nitrogen and oxygen atoms in total. The molecule has 2 aromatic rings. The third-order valence-corrected chi connectivity index (χ3v) is 4.52. The third kappa shape index (κ3) is 2.61. The van der Waals surface area contributed by atoms with E-state index < -0.39 is 0 Å². The van der Waals surface area contributed by atoms with Gasteiger partial charge in [-0.15, -0.1) is 0 Å². The Balaban J connectivity index is 1.88. The van der Waals surface area contributed by atoms with E-state index in [0.717, 1.165) is 6.42 Å². The first kappa shape index (κ1) is 15.0. The lowest BCUT2D eigenvalue weighted by atomic mass is 9.92. The Hall–Kier alpha value is -1.87. The van der Waals surface area contributed by atoms with Crippen molar-refractivity contribution in [1.82, 2.24) is 10.2 Å². The second-order valence-corrected chi connectivity index (χ2v) is 7.28. The number of rotatable bonds is 2. The number of carbonyl (C=O) groups is 1. The Bertz CT molecular complexity index is 697. The van der Waals surface area contributed by atoms with Crippen molar-refractivity contribution in [3.8, 4) is 0 Å². The minimum Gasteiger partial charge on any atom is -0.328 e. The van der Waals surface area contributed by atoms with E-state index in [2.05, 4.69) is 68.6 Å². The van der Waals surface area contributed by atoms with Crippen LogP contribution in [0.3, 0.4) is 0 Å². The molecule has 0 bridgehead atoms. The molecule has 1 heterocycles. The van der Waals surface area contributed by atoms with E-state index in [9.17, 15) is 4.79 Å². The molecule has 0 unspecified atom stereocenters. The summed E-state index contributed by atoms with van der Waals surface area (Å²) in [4.78, 5) is 14.4. The van der Waals surface area contributed by atoms with E-state index in [-0.39, 0.29) is 23.5 Å². The fourth-order valence-electron chi connectivity index (χ4n) is 3.41. The SMILES string of the molecule is CN1C(=O)[C@H](Cc2cccc3ccccc23)N[C@@H]1C(C)(C)C. The molecule has 0 radical (unpaired) electrons. The fourth-order valence-corrected chi connectivity index (χ4v) is 3.41. The zero-order valence-corrected chi connectivity index (χ0v) is 13.8. The number of nitrogens with zero attached hydrogens (tertiary/aromatic N) is 1. The normalized spacial score (nSPS) is 22.5. The zero-order chi connectivity index (χ0) is 15.9. The van der Waals surface area contributed by atoms with Crippen LogP contribution >= 0.6 is 0 Å². The van der Waals surface area contributed by atoms with Crippen LogP contribution in [0, 0.1) is 5.41 Å². The Morgan fingerprint density at radius 1 is 1.09 bits per heavy atom. The minimum absolute atomic E-state index is 0.0257. The summed E-state index contributed by atoms with van der Waals surface area (Å²) in [6, 6.07) is 14.5. The quantitative estimate of drug-likeness (QED) is 0.923. The van der Waals surface area contributed by atoms with Gasteiger partial charge in [0.25, 0.3) is 0 Å². The molecule has 2 atom stereocenters. The predicted octanol–water partition coefficient (Wildman–Crippen LogP) is 3.18. The average molecular weight is 296 g/mol. The average Bonchev–Trinajstić information content (AvgIpc) is 2.76. The molecular weight excluding hydrogens is 272 g/mol. The Kier molecular flexibility index (Phi) is 3.69. The van der Waals surface area contributed by atoms with Gasteiger partial charge in [-0.25, -0.2) is 0 Å². The molecule has 0 aliphatic carbocycles. The number of benzene rings is 2. The van der Waals surface area contributed by atoms with Crippen molar-refractivity contribution in [2.45, 2.75) is 39.4 Å². The lowest BCUT2D eigenvalue weighted by molar-refractivity contribution is -0.129. The first-order valence-electron chi connectivity index (χ1n) is 7.87. The lowest BCUT2D eigenvalue weighted by Gasteiger charge is -2.32. The molecule has 0 spiro atoms. The van der Waals surface area contributed by atoms with Crippen molar-refractivity contribution in [2.75, 3.05) is 7.05 Å². The molecule has 116 valence electrons. The van der Waals surface area contributed by atoms with Gasteiger partial charge in [-0.3, -0.25) is 10.1 Å². The van der Waals surface area contributed by atoms with Crippen LogP contribution in [0.15, 0.2) is 42.5 Å². The van der Waals surface area contributed by atoms with Crippen LogP contribution in [0.1, 0.15) is 26.3 Å². The molecule has 1 aliphatic rings. The summed E-state index contributed by atoms with van der Waals surface area (Å²) in [5, 5.41) is 5.99. The van der Waals surface area contributed by atoms with Gasteiger partial charge in [0.1, 0.15) is 0 Å². The first-order valence-corrected chi connectivity index (χ1v) is 7.87. The van der Waals surface area contributed by atoms with Crippen LogP contribution in [-0.2, 0) is 11.2 Å². The molecule has 1 fully saturated rings. The van der Waals surface area contributed by atoms with Crippen molar-refractivity contribution in [1.29, 1.82) is 0 Å². The van der Waals surface area contributed by atoms with Gasteiger partial charge in [0, 0.05) is 7.05 Å². The van der Waals surface area contributed by atoms with Crippen molar-refractivity contribution in [3.63, 3.8) is 0 Å². The predicted molar refractivity (Wildman–Crippen MR) is 90.6 cm³/mol. The third-order valence-electron chi connectivity index (χ3n) is 4.52. The summed E-state index contributed by atoms with van der Waals surface area (Å²) in [7, 11) is 1.90. The smallest absolute Gasteiger partial charge is 0.241 e. The van der Waals surface area contributed by atoms with E-state index in [4.69, 9.17) is 0 Å². The highest BCUT2D eigenvalue weighted by Crippen LogP contribution is 2.28. The Morgan fingerprint density at radius 2 is 1.77 bits per heavy atom. The van der Waals surface area contributed by atoms with Gasteiger partial charge >= 0.3 is 0 Å². The minimum atomic E-state index is -0.139. The summed E-state index contributed by atoms with van der Waals surface area (Å²) in [6.07, 6.45) is 0.817. The van der Waals surface area contributed by atoms with Gasteiger partial charge in [-0.05, 0) is 28.2 Å².